The van der Waals surface area contributed by atoms with Crippen LogP contribution in [0.5, 0.6) is 11.6 Å². The Morgan fingerprint density at radius 2 is 1.79 bits per heavy atom. The van der Waals surface area contributed by atoms with Crippen LogP contribution in [0.2, 0.25) is 0 Å². The number of benzene rings is 1. The molecule has 1 N–H and O–H groups in total. The van der Waals surface area contributed by atoms with Crippen molar-refractivity contribution >= 4 is 11.6 Å². The number of nitrogens with one attached hydrogen (secondary N) is 1. The molecule has 2 atom stereocenters. The third-order valence-corrected chi connectivity index (χ3v) is 8.91. The van der Waals surface area contributed by atoms with E-state index in [4.69, 9.17) is 24.0 Å². The molecular formula is C34H44N10O4. The van der Waals surface area contributed by atoms with Crippen molar-refractivity contribution in [3.63, 3.8) is 0 Å². The van der Waals surface area contributed by atoms with Gasteiger partial charge >= 0.3 is 0 Å². The van der Waals surface area contributed by atoms with Gasteiger partial charge < -0.3 is 24.3 Å². The lowest BCUT2D eigenvalue weighted by atomic mass is 9.90. The Morgan fingerprint density at radius 1 is 1.02 bits per heavy atom. The van der Waals surface area contributed by atoms with E-state index in [1.54, 1.807) is 36.6 Å². The van der Waals surface area contributed by atoms with Crippen molar-refractivity contribution in [2.75, 3.05) is 45.3 Å². The number of aromatic nitrogens is 7. The summed E-state index contributed by atoms with van der Waals surface area (Å²) in [5.74, 6) is 1.44. The normalized spacial score (nSPS) is 19.7. The molecule has 14 nitrogen and oxygen atoms in total. The number of morpholine rings is 1. The molecule has 0 radical (unpaired) electrons. The number of hydrogen-bond donors (Lipinski definition) is 1. The van der Waals surface area contributed by atoms with Crippen LogP contribution in [-0.2, 0) is 16.0 Å². The summed E-state index contributed by atoms with van der Waals surface area (Å²) in [7, 11) is 1.69. The molecule has 1 aliphatic carbocycles. The number of nitriles is 1. The van der Waals surface area contributed by atoms with Crippen molar-refractivity contribution < 1.29 is 18.9 Å². The van der Waals surface area contributed by atoms with Crippen LogP contribution in [0.15, 0.2) is 49.4 Å². The minimum absolute atomic E-state index is 0.0825. The van der Waals surface area contributed by atoms with Crippen LogP contribution < -0.4 is 14.8 Å². The number of methoxy groups -OCH3 is 1. The smallest absolute Gasteiger partial charge is 0.257 e. The molecule has 3 aromatic heterocycles. The van der Waals surface area contributed by atoms with E-state index in [-0.39, 0.29) is 12.2 Å². The predicted octanol–water partition coefficient (Wildman–Crippen LogP) is 4.63. The Bertz CT molecular complexity index is 1620. The Balaban J connectivity index is 1.15. The molecule has 0 unspecified atom stereocenters. The monoisotopic (exact) mass is 656 g/mol. The summed E-state index contributed by atoms with van der Waals surface area (Å²) in [6, 6.07) is 8.57. The Hall–Kier alpha value is -4.58. The molecule has 2 fully saturated rings. The van der Waals surface area contributed by atoms with Crippen molar-refractivity contribution in [3.05, 3.63) is 55.0 Å². The molecule has 48 heavy (non-hydrogen) atoms. The van der Waals surface area contributed by atoms with Gasteiger partial charge in [-0.05, 0) is 57.2 Å². The standard InChI is InChI=1S/C34H44N10O4/c1-24(10-13-45-3)48-33-31(21-44(41-33)30-8-6-29(7-9-30)42-11-14-46-15-12-42)40-34-37-18-28(19-38-34)26-4-5-27(17-35)32(16-26)47-25(2)20-43-23-36-22-39-43/h4-5,16,18-19,21-25,29-30H,6-15,20H2,1-3H3,(H,37,38,40)/t24-,25-,29?,30?/m0/s1. The second kappa shape index (κ2) is 16.0. The molecule has 6 rings (SSSR count). The van der Waals surface area contributed by atoms with Gasteiger partial charge in [0, 0.05) is 57.2 Å². The average Bonchev–Trinajstić information content (AvgIpc) is 3.78. The first-order valence-electron chi connectivity index (χ1n) is 16.7. The lowest BCUT2D eigenvalue weighted by Gasteiger charge is -2.38. The summed E-state index contributed by atoms with van der Waals surface area (Å²) >= 11 is 0. The Morgan fingerprint density at radius 3 is 2.50 bits per heavy atom. The molecule has 4 heterocycles. The van der Waals surface area contributed by atoms with Crippen molar-refractivity contribution in [3.8, 4) is 28.8 Å². The van der Waals surface area contributed by atoms with Crippen LogP contribution in [0.1, 0.15) is 57.6 Å². The molecule has 1 aliphatic heterocycles. The minimum Gasteiger partial charge on any atom is -0.487 e. The second-order valence-corrected chi connectivity index (χ2v) is 12.4. The van der Waals surface area contributed by atoms with Gasteiger partial charge in [0.2, 0.25) is 5.95 Å². The molecular weight excluding hydrogens is 612 g/mol. The largest absolute Gasteiger partial charge is 0.487 e. The first kappa shape index (κ1) is 33.3. The van der Waals surface area contributed by atoms with E-state index < -0.39 is 0 Å². The van der Waals surface area contributed by atoms with E-state index in [1.807, 2.05) is 36.9 Å². The molecule has 4 aromatic rings. The summed E-state index contributed by atoms with van der Waals surface area (Å²) in [4.78, 5) is 15.8. The van der Waals surface area contributed by atoms with E-state index in [2.05, 4.69) is 36.3 Å². The van der Waals surface area contributed by atoms with Gasteiger partial charge in [0.1, 0.15) is 36.3 Å². The highest BCUT2D eigenvalue weighted by Crippen LogP contribution is 2.35. The Kier molecular flexibility index (Phi) is 11.1. The quantitative estimate of drug-likeness (QED) is 0.202. The highest BCUT2D eigenvalue weighted by molar-refractivity contribution is 5.67. The number of anilines is 2. The molecule has 1 saturated heterocycles. The van der Waals surface area contributed by atoms with Gasteiger partial charge in [-0.15, -0.1) is 5.10 Å². The Labute approximate surface area is 281 Å². The number of rotatable bonds is 14. The summed E-state index contributed by atoms with van der Waals surface area (Å²) in [5.41, 5.74) is 2.79. The van der Waals surface area contributed by atoms with E-state index >= 15 is 0 Å². The SMILES string of the molecule is COCC[C@H](C)Oc1nn(C2CCC(N3CCOCC3)CC2)cc1Nc1ncc(-c2ccc(C#N)c(O[C@@H](C)Cn3cncn3)c2)cn1. The lowest BCUT2D eigenvalue weighted by Crippen LogP contribution is -2.45. The van der Waals surface area contributed by atoms with E-state index in [0.29, 0.717) is 48.4 Å². The summed E-state index contributed by atoms with van der Waals surface area (Å²) in [6.07, 6.45) is 13.5. The maximum absolute atomic E-state index is 9.68. The van der Waals surface area contributed by atoms with Crippen LogP contribution >= 0.6 is 0 Å². The van der Waals surface area contributed by atoms with Gasteiger partial charge in [0.05, 0.1) is 43.7 Å². The molecule has 0 amide bonds. The highest BCUT2D eigenvalue weighted by Gasteiger charge is 2.29. The molecule has 14 heteroatoms. The van der Waals surface area contributed by atoms with E-state index in [1.165, 1.54) is 6.33 Å². The third-order valence-electron chi connectivity index (χ3n) is 8.91. The number of nitrogens with zero attached hydrogens (tertiary/aromatic N) is 9. The van der Waals surface area contributed by atoms with E-state index in [0.717, 1.165) is 75.2 Å². The minimum atomic E-state index is -0.230. The molecule has 1 aromatic carbocycles. The predicted molar refractivity (Wildman–Crippen MR) is 178 cm³/mol. The van der Waals surface area contributed by atoms with Crippen LogP contribution in [0, 0.1) is 11.3 Å². The zero-order valence-corrected chi connectivity index (χ0v) is 27.9. The first-order chi connectivity index (χ1) is 23.5. The zero-order valence-electron chi connectivity index (χ0n) is 27.9. The van der Waals surface area contributed by atoms with Gasteiger partial charge in [-0.1, -0.05) is 6.07 Å². The fourth-order valence-electron chi connectivity index (χ4n) is 6.30. The summed E-state index contributed by atoms with van der Waals surface area (Å²) in [5, 5.41) is 22.1. The van der Waals surface area contributed by atoms with Crippen molar-refractivity contribution in [1.82, 2.24) is 39.4 Å². The fourth-order valence-corrected chi connectivity index (χ4v) is 6.30. The van der Waals surface area contributed by atoms with Crippen LogP contribution in [0.4, 0.5) is 11.6 Å². The zero-order chi connectivity index (χ0) is 33.3. The van der Waals surface area contributed by atoms with Crippen LogP contribution in [0.25, 0.3) is 11.1 Å². The fraction of sp³-hybridized carbons (Fsp3) is 0.529. The van der Waals surface area contributed by atoms with Crippen molar-refractivity contribution in [2.24, 2.45) is 0 Å². The molecule has 0 spiro atoms. The highest BCUT2D eigenvalue weighted by atomic mass is 16.5. The average molecular weight is 657 g/mol. The molecule has 254 valence electrons. The second-order valence-electron chi connectivity index (χ2n) is 12.4. The topological polar surface area (TPSA) is 150 Å². The summed E-state index contributed by atoms with van der Waals surface area (Å²) < 4.78 is 27.0. The van der Waals surface area contributed by atoms with Crippen molar-refractivity contribution in [1.29, 1.82) is 5.26 Å². The first-order valence-corrected chi connectivity index (χ1v) is 16.7. The van der Waals surface area contributed by atoms with Crippen LogP contribution in [0.3, 0.4) is 0 Å². The number of ether oxygens (including phenoxy) is 4. The van der Waals surface area contributed by atoms with E-state index in [9.17, 15) is 5.26 Å². The summed E-state index contributed by atoms with van der Waals surface area (Å²) in [6.45, 7) is 8.74. The van der Waals surface area contributed by atoms with Gasteiger partial charge in [-0.3, -0.25) is 9.58 Å². The third kappa shape index (κ3) is 8.46. The molecule has 2 aliphatic rings. The van der Waals surface area contributed by atoms with Crippen LogP contribution in [-0.4, -0.2) is 97.7 Å². The van der Waals surface area contributed by atoms with Gasteiger partial charge in [0.25, 0.3) is 5.88 Å². The van der Waals surface area contributed by atoms with Gasteiger partial charge in [-0.25, -0.2) is 19.6 Å². The number of hydrogen-bond acceptors (Lipinski definition) is 12. The lowest BCUT2D eigenvalue weighted by molar-refractivity contribution is 0.00500. The van der Waals surface area contributed by atoms with Gasteiger partial charge in [-0.2, -0.15) is 10.4 Å². The molecule has 0 bridgehead atoms. The molecule has 1 saturated carbocycles. The maximum Gasteiger partial charge on any atom is 0.257 e. The maximum atomic E-state index is 9.68. The van der Waals surface area contributed by atoms with Crippen molar-refractivity contribution in [2.45, 2.75) is 76.8 Å². The van der Waals surface area contributed by atoms with Gasteiger partial charge in [0.15, 0.2) is 0 Å².